The number of carbonyl (C=O) groups is 1. The number of rotatable bonds is 4. The molecule has 0 saturated heterocycles. The van der Waals surface area contributed by atoms with Gasteiger partial charge in [0.1, 0.15) is 17.3 Å². The summed E-state index contributed by atoms with van der Waals surface area (Å²) in [5.74, 6) is -1.66. The number of nitrogens with one attached hydrogen (secondary N) is 1. The summed E-state index contributed by atoms with van der Waals surface area (Å²) in [6.07, 6.45) is 2.77. The van der Waals surface area contributed by atoms with Gasteiger partial charge in [0.25, 0.3) is 5.91 Å². The molecule has 0 saturated carbocycles. The molecule has 0 aliphatic carbocycles. The number of hydrogen-bond acceptors (Lipinski definition) is 3. The SMILES string of the molecule is Cc1cc(F)cc([C@H](NC(=O)c2ccc(=O)n(C)c2)c2ncccc2F)c1. The van der Waals surface area contributed by atoms with Gasteiger partial charge in [-0.05, 0) is 48.4 Å². The van der Waals surface area contributed by atoms with Crippen molar-refractivity contribution in [3.63, 3.8) is 0 Å². The van der Waals surface area contributed by atoms with E-state index in [4.69, 9.17) is 0 Å². The quantitative estimate of drug-likeness (QED) is 0.769. The van der Waals surface area contributed by atoms with Crippen molar-refractivity contribution in [2.24, 2.45) is 7.05 Å². The molecule has 1 amide bonds. The molecule has 1 atom stereocenters. The Morgan fingerprint density at radius 1 is 1.19 bits per heavy atom. The van der Waals surface area contributed by atoms with Gasteiger partial charge in [0.15, 0.2) is 0 Å². The van der Waals surface area contributed by atoms with Crippen LogP contribution in [0.4, 0.5) is 8.78 Å². The van der Waals surface area contributed by atoms with Crippen LogP contribution in [0.1, 0.15) is 33.2 Å². The predicted molar refractivity (Wildman–Crippen MR) is 96.3 cm³/mol. The van der Waals surface area contributed by atoms with Gasteiger partial charge in [-0.1, -0.05) is 6.07 Å². The van der Waals surface area contributed by atoms with Crippen molar-refractivity contribution in [3.05, 3.63) is 99.2 Å². The van der Waals surface area contributed by atoms with Crippen LogP contribution in [-0.2, 0) is 7.05 Å². The fourth-order valence-corrected chi connectivity index (χ4v) is 2.79. The Balaban J connectivity index is 2.04. The van der Waals surface area contributed by atoms with E-state index < -0.39 is 23.6 Å². The highest BCUT2D eigenvalue weighted by Gasteiger charge is 2.23. The molecule has 0 fully saturated rings. The van der Waals surface area contributed by atoms with Gasteiger partial charge < -0.3 is 9.88 Å². The molecule has 2 heterocycles. The summed E-state index contributed by atoms with van der Waals surface area (Å²) in [7, 11) is 1.52. The number of amides is 1. The van der Waals surface area contributed by atoms with E-state index in [1.165, 1.54) is 60.4 Å². The number of pyridine rings is 2. The zero-order valence-electron chi connectivity index (χ0n) is 14.7. The van der Waals surface area contributed by atoms with Gasteiger partial charge >= 0.3 is 0 Å². The molecule has 0 unspecified atom stereocenters. The molecule has 0 aliphatic heterocycles. The Kier molecular flexibility index (Phi) is 5.12. The summed E-state index contributed by atoms with van der Waals surface area (Å²) in [6, 6.07) is 8.52. The minimum atomic E-state index is -0.995. The minimum absolute atomic E-state index is 0.0272. The van der Waals surface area contributed by atoms with Gasteiger partial charge in [0, 0.05) is 25.5 Å². The number of aromatic nitrogens is 2. The molecule has 3 aromatic rings. The van der Waals surface area contributed by atoms with E-state index in [9.17, 15) is 18.4 Å². The van der Waals surface area contributed by atoms with Gasteiger partial charge in [-0.2, -0.15) is 0 Å². The fourth-order valence-electron chi connectivity index (χ4n) is 2.79. The van der Waals surface area contributed by atoms with E-state index in [-0.39, 0.29) is 16.8 Å². The van der Waals surface area contributed by atoms with Crippen LogP contribution in [-0.4, -0.2) is 15.5 Å². The number of carbonyl (C=O) groups excluding carboxylic acids is 1. The number of nitrogens with zero attached hydrogens (tertiary/aromatic N) is 2. The second-order valence-electron chi connectivity index (χ2n) is 6.21. The monoisotopic (exact) mass is 369 g/mol. The normalized spacial score (nSPS) is 11.9. The van der Waals surface area contributed by atoms with Crippen molar-refractivity contribution < 1.29 is 13.6 Å². The average Bonchev–Trinajstić information content (AvgIpc) is 2.61. The second kappa shape index (κ2) is 7.49. The van der Waals surface area contributed by atoms with Gasteiger partial charge in [0.05, 0.1) is 11.6 Å². The molecule has 0 aliphatic rings. The van der Waals surface area contributed by atoms with Crippen molar-refractivity contribution in [1.29, 1.82) is 0 Å². The van der Waals surface area contributed by atoms with E-state index in [2.05, 4.69) is 10.3 Å². The Bertz CT molecular complexity index is 1040. The Hall–Kier alpha value is -3.35. The molecule has 27 heavy (non-hydrogen) atoms. The van der Waals surface area contributed by atoms with Crippen molar-refractivity contribution in [2.75, 3.05) is 0 Å². The molecule has 0 bridgehead atoms. The van der Waals surface area contributed by atoms with Crippen LogP contribution in [0, 0.1) is 18.6 Å². The molecule has 2 aromatic heterocycles. The van der Waals surface area contributed by atoms with E-state index in [0.29, 0.717) is 11.1 Å². The highest BCUT2D eigenvalue weighted by atomic mass is 19.1. The molecule has 1 N–H and O–H groups in total. The third-order valence-electron chi connectivity index (χ3n) is 4.08. The van der Waals surface area contributed by atoms with Crippen molar-refractivity contribution in [3.8, 4) is 0 Å². The topological polar surface area (TPSA) is 64.0 Å². The van der Waals surface area contributed by atoms with Crippen molar-refractivity contribution in [1.82, 2.24) is 14.9 Å². The van der Waals surface area contributed by atoms with E-state index in [1.54, 1.807) is 13.0 Å². The number of hydrogen-bond donors (Lipinski definition) is 1. The van der Waals surface area contributed by atoms with Crippen LogP contribution >= 0.6 is 0 Å². The summed E-state index contributed by atoms with van der Waals surface area (Å²) in [5, 5.41) is 2.68. The Morgan fingerprint density at radius 3 is 2.63 bits per heavy atom. The lowest BCUT2D eigenvalue weighted by atomic mass is 10.00. The molecule has 138 valence electrons. The molecule has 0 radical (unpaired) electrons. The van der Waals surface area contributed by atoms with Crippen molar-refractivity contribution >= 4 is 5.91 Å². The van der Waals surface area contributed by atoms with Gasteiger partial charge in [-0.25, -0.2) is 8.78 Å². The summed E-state index contributed by atoms with van der Waals surface area (Å²) in [6.45, 7) is 1.70. The van der Waals surface area contributed by atoms with Crippen molar-refractivity contribution in [2.45, 2.75) is 13.0 Å². The predicted octanol–water partition coefficient (Wildman–Crippen LogP) is 2.89. The standard InChI is InChI=1S/C20H17F2N3O2/c1-12-8-14(10-15(21)9-12)18(19-16(22)4-3-7-23-19)24-20(27)13-5-6-17(26)25(2)11-13/h3-11,18H,1-2H3,(H,24,27)/t18-/m0/s1. The van der Waals surface area contributed by atoms with Crippen LogP contribution in [0.2, 0.25) is 0 Å². The number of aryl methyl sites for hydroxylation is 2. The average molecular weight is 369 g/mol. The molecule has 7 heteroatoms. The molecule has 5 nitrogen and oxygen atoms in total. The largest absolute Gasteiger partial charge is 0.339 e. The van der Waals surface area contributed by atoms with E-state index >= 15 is 0 Å². The van der Waals surface area contributed by atoms with Crippen LogP contribution < -0.4 is 10.9 Å². The second-order valence-corrected chi connectivity index (χ2v) is 6.21. The van der Waals surface area contributed by atoms with Crippen LogP contribution in [0.3, 0.4) is 0 Å². The van der Waals surface area contributed by atoms with Crippen LogP contribution in [0.5, 0.6) is 0 Å². The summed E-state index contributed by atoms with van der Waals surface area (Å²) < 4.78 is 29.5. The minimum Gasteiger partial charge on any atom is -0.339 e. The smallest absolute Gasteiger partial charge is 0.253 e. The maximum absolute atomic E-state index is 14.3. The third kappa shape index (κ3) is 4.08. The summed E-state index contributed by atoms with van der Waals surface area (Å²) in [4.78, 5) is 28.2. The zero-order valence-corrected chi connectivity index (χ0v) is 14.7. The molecular formula is C20H17F2N3O2. The lowest BCUT2D eigenvalue weighted by Crippen LogP contribution is -2.31. The van der Waals surface area contributed by atoms with Gasteiger partial charge in [0.2, 0.25) is 5.56 Å². The molecule has 1 aromatic carbocycles. The first kappa shape index (κ1) is 18.4. The van der Waals surface area contributed by atoms with E-state index in [0.717, 1.165) is 0 Å². The highest BCUT2D eigenvalue weighted by molar-refractivity contribution is 5.94. The molecule has 0 spiro atoms. The summed E-state index contributed by atoms with van der Waals surface area (Å²) in [5.41, 5.74) is 0.915. The lowest BCUT2D eigenvalue weighted by molar-refractivity contribution is 0.0941. The Labute approximate surface area is 154 Å². The Morgan fingerprint density at radius 2 is 1.96 bits per heavy atom. The first-order chi connectivity index (χ1) is 12.8. The number of benzene rings is 1. The van der Waals surface area contributed by atoms with Gasteiger partial charge in [-0.3, -0.25) is 14.6 Å². The maximum atomic E-state index is 14.3. The summed E-state index contributed by atoms with van der Waals surface area (Å²) >= 11 is 0. The highest BCUT2D eigenvalue weighted by Crippen LogP contribution is 2.25. The zero-order chi connectivity index (χ0) is 19.6. The van der Waals surface area contributed by atoms with Crippen LogP contribution in [0.25, 0.3) is 0 Å². The maximum Gasteiger partial charge on any atom is 0.253 e. The molecular weight excluding hydrogens is 352 g/mol. The first-order valence-electron chi connectivity index (χ1n) is 8.20. The van der Waals surface area contributed by atoms with Gasteiger partial charge in [-0.15, -0.1) is 0 Å². The molecule has 3 rings (SSSR count). The lowest BCUT2D eigenvalue weighted by Gasteiger charge is -2.20. The van der Waals surface area contributed by atoms with E-state index in [1.807, 2.05) is 0 Å². The fraction of sp³-hybridized carbons (Fsp3) is 0.150. The van der Waals surface area contributed by atoms with Crippen LogP contribution in [0.15, 0.2) is 59.7 Å². The first-order valence-corrected chi connectivity index (χ1v) is 8.20. The third-order valence-corrected chi connectivity index (χ3v) is 4.08. The number of halogens is 2.